The van der Waals surface area contributed by atoms with Crippen molar-refractivity contribution in [2.45, 2.75) is 32.8 Å². The third-order valence-corrected chi connectivity index (χ3v) is 4.83. The quantitative estimate of drug-likeness (QED) is 0.780. The minimum Gasteiger partial charge on any atom is -0.444 e. The molecule has 8 heteroatoms. The summed E-state index contributed by atoms with van der Waals surface area (Å²) in [7, 11) is 0. The van der Waals surface area contributed by atoms with Gasteiger partial charge in [-0.2, -0.15) is 0 Å². The largest absolute Gasteiger partial charge is 0.444 e. The predicted molar refractivity (Wildman–Crippen MR) is 95.7 cm³/mol. The molecule has 0 radical (unpaired) electrons. The minimum atomic E-state index is -0.501. The van der Waals surface area contributed by atoms with Crippen LogP contribution in [0.15, 0.2) is 16.9 Å². The number of rotatable bonds is 1. The molecule has 0 fully saturated rings. The number of H-pyrrole nitrogens is 1. The van der Waals surface area contributed by atoms with Gasteiger partial charge in [-0.3, -0.25) is 9.78 Å². The maximum absolute atomic E-state index is 12.1. The Kier molecular flexibility index (Phi) is 4.40. The number of amides is 1. The summed E-state index contributed by atoms with van der Waals surface area (Å²) in [6.07, 6.45) is 2.39. The molecule has 0 aliphatic carbocycles. The number of hydrogen-bond donors (Lipinski definition) is 1. The Labute approximate surface area is 148 Å². The van der Waals surface area contributed by atoms with E-state index in [0.717, 1.165) is 10.5 Å². The van der Waals surface area contributed by atoms with Crippen LogP contribution in [0.2, 0.25) is 5.28 Å². The highest BCUT2D eigenvalue weighted by atomic mass is 35.5. The number of aromatic amines is 1. The van der Waals surface area contributed by atoms with Crippen LogP contribution in [0.3, 0.4) is 0 Å². The smallest absolute Gasteiger partial charge is 0.410 e. The molecule has 0 spiro atoms. The number of carbonyl (C=O) groups is 1. The number of thiophene rings is 1. The first-order chi connectivity index (χ1) is 11.2. The number of ether oxygens (including phenoxy) is 1. The van der Waals surface area contributed by atoms with Gasteiger partial charge in [0.25, 0.3) is 5.56 Å². The fraction of sp³-hybridized carbons (Fsp3) is 0.438. The Morgan fingerprint density at radius 1 is 1.46 bits per heavy atom. The molecule has 1 aliphatic rings. The maximum Gasteiger partial charge on any atom is 0.410 e. The minimum absolute atomic E-state index is 0.0922. The lowest BCUT2D eigenvalue weighted by molar-refractivity contribution is 0.0270. The molecule has 1 N–H and O–H groups in total. The first-order valence-corrected chi connectivity index (χ1v) is 8.79. The Morgan fingerprint density at radius 2 is 2.21 bits per heavy atom. The summed E-state index contributed by atoms with van der Waals surface area (Å²) in [5, 5.41) is 0.629. The van der Waals surface area contributed by atoms with Crippen molar-refractivity contribution in [2.75, 3.05) is 13.1 Å². The summed E-state index contributed by atoms with van der Waals surface area (Å²) >= 11 is 7.23. The van der Waals surface area contributed by atoms with Crippen molar-refractivity contribution in [3.8, 4) is 0 Å². The Bertz CT molecular complexity index is 879. The molecule has 0 saturated carbocycles. The fourth-order valence-corrected chi connectivity index (χ4v) is 3.77. The van der Waals surface area contributed by atoms with Crippen molar-refractivity contribution in [1.29, 1.82) is 0 Å². The average Bonchev–Trinajstić information content (AvgIpc) is 2.90. The van der Waals surface area contributed by atoms with Gasteiger partial charge in [-0.25, -0.2) is 9.78 Å². The summed E-state index contributed by atoms with van der Waals surface area (Å²) in [6, 6.07) is 1.83. The van der Waals surface area contributed by atoms with Gasteiger partial charge in [-0.15, -0.1) is 11.3 Å². The zero-order valence-electron chi connectivity index (χ0n) is 13.7. The summed E-state index contributed by atoms with van der Waals surface area (Å²) < 4.78 is 5.39. The van der Waals surface area contributed by atoms with Gasteiger partial charge in [0.15, 0.2) is 0 Å². The lowest BCUT2D eigenvalue weighted by atomic mass is 10.1. The van der Waals surface area contributed by atoms with Crippen LogP contribution in [0.4, 0.5) is 4.79 Å². The third-order valence-electron chi connectivity index (χ3n) is 3.55. The highest BCUT2D eigenvalue weighted by Crippen LogP contribution is 2.31. The van der Waals surface area contributed by atoms with E-state index in [1.807, 2.05) is 32.9 Å². The van der Waals surface area contributed by atoms with E-state index in [0.29, 0.717) is 29.7 Å². The third kappa shape index (κ3) is 3.62. The number of halogens is 1. The van der Waals surface area contributed by atoms with E-state index in [-0.39, 0.29) is 16.9 Å². The second-order valence-corrected chi connectivity index (χ2v) is 7.98. The first kappa shape index (κ1) is 17.0. The molecule has 0 unspecified atom stereocenters. The van der Waals surface area contributed by atoms with E-state index in [1.54, 1.807) is 4.90 Å². The second-order valence-electron chi connectivity index (χ2n) is 6.59. The van der Waals surface area contributed by atoms with Crippen LogP contribution in [0.25, 0.3) is 15.8 Å². The molecule has 2 aromatic rings. The van der Waals surface area contributed by atoms with Gasteiger partial charge < -0.3 is 9.64 Å². The van der Waals surface area contributed by atoms with Crippen molar-refractivity contribution in [3.05, 3.63) is 32.7 Å². The molecule has 6 nitrogen and oxygen atoms in total. The summed E-state index contributed by atoms with van der Waals surface area (Å²) in [5.74, 6) is 0. The van der Waals surface area contributed by atoms with E-state index < -0.39 is 5.60 Å². The van der Waals surface area contributed by atoms with E-state index in [2.05, 4.69) is 9.97 Å². The van der Waals surface area contributed by atoms with Gasteiger partial charge in [0, 0.05) is 18.0 Å². The van der Waals surface area contributed by atoms with Crippen molar-refractivity contribution in [1.82, 2.24) is 14.9 Å². The van der Waals surface area contributed by atoms with E-state index in [4.69, 9.17) is 16.3 Å². The molecular formula is C16H18ClN3O3S. The molecule has 1 aliphatic heterocycles. The number of aromatic nitrogens is 2. The summed E-state index contributed by atoms with van der Waals surface area (Å²) in [4.78, 5) is 33.9. The lowest BCUT2D eigenvalue weighted by Gasteiger charge is -2.29. The van der Waals surface area contributed by atoms with Crippen LogP contribution in [0, 0.1) is 0 Å². The Balaban J connectivity index is 1.79. The molecule has 0 aromatic carbocycles. The molecule has 2 aromatic heterocycles. The molecule has 0 bridgehead atoms. The van der Waals surface area contributed by atoms with Crippen LogP contribution in [0.5, 0.6) is 0 Å². The fourth-order valence-electron chi connectivity index (χ4n) is 2.45. The molecule has 1 amide bonds. The average molecular weight is 368 g/mol. The van der Waals surface area contributed by atoms with Crippen molar-refractivity contribution in [3.63, 3.8) is 0 Å². The Hall–Kier alpha value is -1.86. The highest BCUT2D eigenvalue weighted by Gasteiger charge is 2.24. The topological polar surface area (TPSA) is 75.3 Å². The van der Waals surface area contributed by atoms with E-state index in [1.165, 1.54) is 11.3 Å². The molecule has 24 heavy (non-hydrogen) atoms. The molecule has 128 valence electrons. The highest BCUT2D eigenvalue weighted by molar-refractivity contribution is 7.19. The first-order valence-electron chi connectivity index (χ1n) is 7.59. The van der Waals surface area contributed by atoms with Gasteiger partial charge in [0.1, 0.15) is 10.4 Å². The van der Waals surface area contributed by atoms with E-state index in [9.17, 15) is 9.59 Å². The van der Waals surface area contributed by atoms with Crippen LogP contribution in [-0.2, 0) is 4.74 Å². The number of nitrogens with zero attached hydrogens (tertiary/aromatic N) is 2. The zero-order valence-corrected chi connectivity index (χ0v) is 15.3. The molecule has 3 rings (SSSR count). The molecule has 0 atom stereocenters. The standard InChI is InChI=1S/C16H18ClN3O3S/c1-16(2,3)23-15(22)20-6-4-9(5-7-20)11-8-10-12(21)18-14(17)19-13(10)24-11/h4,8H,5-7H2,1-3H3,(H,18,19,21). The number of hydrogen-bond acceptors (Lipinski definition) is 5. The predicted octanol–water partition coefficient (Wildman–Crippen LogP) is 3.66. The van der Waals surface area contributed by atoms with Crippen LogP contribution < -0.4 is 5.56 Å². The van der Waals surface area contributed by atoms with Crippen LogP contribution in [-0.4, -0.2) is 39.7 Å². The lowest BCUT2D eigenvalue weighted by Crippen LogP contribution is -2.39. The van der Waals surface area contributed by atoms with Crippen molar-refractivity contribution >= 4 is 44.8 Å². The Morgan fingerprint density at radius 3 is 2.83 bits per heavy atom. The van der Waals surface area contributed by atoms with Crippen molar-refractivity contribution in [2.24, 2.45) is 0 Å². The van der Waals surface area contributed by atoms with Gasteiger partial charge in [0.05, 0.1) is 5.39 Å². The van der Waals surface area contributed by atoms with Gasteiger partial charge in [0.2, 0.25) is 5.28 Å². The number of nitrogens with one attached hydrogen (secondary N) is 1. The second kappa shape index (κ2) is 6.22. The van der Waals surface area contributed by atoms with Crippen molar-refractivity contribution < 1.29 is 9.53 Å². The molecule has 0 saturated heterocycles. The normalized spacial score (nSPS) is 15.5. The summed E-state index contributed by atoms with van der Waals surface area (Å²) in [5.41, 5.74) is 0.367. The summed E-state index contributed by atoms with van der Waals surface area (Å²) in [6.45, 7) is 6.62. The SMILES string of the molecule is CC(C)(C)OC(=O)N1CC=C(c2cc3c(=O)[nH]c(Cl)nc3s2)CC1. The van der Waals surface area contributed by atoms with Crippen LogP contribution >= 0.6 is 22.9 Å². The number of fused-ring (bicyclic) bond motifs is 1. The zero-order chi connectivity index (χ0) is 17.5. The number of carbonyl (C=O) groups excluding carboxylic acids is 1. The van der Waals surface area contributed by atoms with Crippen LogP contribution in [0.1, 0.15) is 32.1 Å². The molecular weight excluding hydrogens is 350 g/mol. The van der Waals surface area contributed by atoms with Gasteiger partial charge >= 0.3 is 6.09 Å². The maximum atomic E-state index is 12.1. The van der Waals surface area contributed by atoms with Gasteiger partial charge in [-0.1, -0.05) is 6.08 Å². The monoisotopic (exact) mass is 367 g/mol. The van der Waals surface area contributed by atoms with E-state index >= 15 is 0 Å². The van der Waals surface area contributed by atoms with Gasteiger partial charge in [-0.05, 0) is 50.4 Å². The molecule has 3 heterocycles.